The zero-order valence-corrected chi connectivity index (χ0v) is 11.9. The zero-order valence-electron chi connectivity index (χ0n) is 11.9. The molecule has 1 heterocycles. The third-order valence-corrected chi connectivity index (χ3v) is 3.09. The van der Waals surface area contributed by atoms with E-state index in [0.717, 1.165) is 19.4 Å². The van der Waals surface area contributed by atoms with Crippen molar-refractivity contribution in [2.75, 3.05) is 20.1 Å². The minimum atomic E-state index is -0.194. The van der Waals surface area contributed by atoms with E-state index in [1.807, 2.05) is 0 Å². The summed E-state index contributed by atoms with van der Waals surface area (Å²) in [6.07, 6.45) is 4.74. The highest BCUT2D eigenvalue weighted by Gasteiger charge is 2.06. The fraction of sp³-hybridized carbons (Fsp3) is 0.571. The highest BCUT2D eigenvalue weighted by molar-refractivity contribution is 5.94. The maximum Gasteiger partial charge on any atom is 0.252 e. The summed E-state index contributed by atoms with van der Waals surface area (Å²) in [4.78, 5) is 17.8. The van der Waals surface area contributed by atoms with E-state index >= 15 is 0 Å². The van der Waals surface area contributed by atoms with E-state index in [2.05, 4.69) is 36.1 Å². The molecule has 0 unspecified atom stereocenters. The number of carbonyl (C=O) groups is 1. The van der Waals surface area contributed by atoms with Gasteiger partial charge in [0.2, 0.25) is 0 Å². The van der Waals surface area contributed by atoms with E-state index < -0.39 is 0 Å². The molecule has 0 aliphatic heterocycles. The van der Waals surface area contributed by atoms with Gasteiger partial charge < -0.3 is 15.3 Å². The summed E-state index contributed by atoms with van der Waals surface area (Å²) < 4.78 is 0. The van der Waals surface area contributed by atoms with Gasteiger partial charge in [0.15, 0.2) is 0 Å². The molecule has 0 spiro atoms. The third-order valence-electron chi connectivity index (χ3n) is 3.09. The molecule has 1 rings (SSSR count). The molecule has 0 saturated carbocycles. The molecule has 0 fully saturated rings. The molecule has 0 bridgehead atoms. The van der Waals surface area contributed by atoms with E-state index in [4.69, 9.17) is 0 Å². The Hall–Kier alpha value is -1.62. The SMILES string of the molecule is CC(C)N(C)CCCCNC(=O)c1cncc(O)c1. The van der Waals surface area contributed by atoms with Gasteiger partial charge in [-0.25, -0.2) is 0 Å². The second kappa shape index (κ2) is 7.74. The van der Waals surface area contributed by atoms with Crippen LogP contribution in [0.25, 0.3) is 0 Å². The topological polar surface area (TPSA) is 65.5 Å². The Balaban J connectivity index is 2.21. The fourth-order valence-corrected chi connectivity index (χ4v) is 1.60. The lowest BCUT2D eigenvalue weighted by Gasteiger charge is -2.20. The van der Waals surface area contributed by atoms with Crippen LogP contribution < -0.4 is 5.32 Å². The Morgan fingerprint density at radius 2 is 2.16 bits per heavy atom. The zero-order chi connectivity index (χ0) is 14.3. The van der Waals surface area contributed by atoms with Crippen LogP contribution in [0.3, 0.4) is 0 Å². The molecule has 0 aliphatic rings. The Morgan fingerprint density at radius 1 is 1.42 bits per heavy atom. The molecule has 5 heteroatoms. The predicted octanol–water partition coefficient (Wildman–Crippen LogP) is 1.64. The van der Waals surface area contributed by atoms with E-state index in [0.29, 0.717) is 18.2 Å². The van der Waals surface area contributed by atoms with Gasteiger partial charge >= 0.3 is 0 Å². The van der Waals surface area contributed by atoms with Gasteiger partial charge in [-0.05, 0) is 46.3 Å². The minimum absolute atomic E-state index is 0.00575. The highest BCUT2D eigenvalue weighted by atomic mass is 16.3. The normalized spacial score (nSPS) is 11.0. The Morgan fingerprint density at radius 3 is 2.79 bits per heavy atom. The molecule has 19 heavy (non-hydrogen) atoms. The van der Waals surface area contributed by atoms with Crippen molar-refractivity contribution in [3.8, 4) is 5.75 Å². The monoisotopic (exact) mass is 265 g/mol. The van der Waals surface area contributed by atoms with E-state index in [1.165, 1.54) is 18.5 Å². The molecular formula is C14H23N3O2. The number of aromatic hydroxyl groups is 1. The van der Waals surface area contributed by atoms with Crippen LogP contribution in [0, 0.1) is 0 Å². The number of nitrogens with one attached hydrogen (secondary N) is 1. The maximum absolute atomic E-state index is 11.7. The first kappa shape index (κ1) is 15.4. The number of hydrogen-bond donors (Lipinski definition) is 2. The second-order valence-corrected chi connectivity index (χ2v) is 4.97. The first-order valence-electron chi connectivity index (χ1n) is 6.63. The molecule has 1 amide bonds. The van der Waals surface area contributed by atoms with Crippen LogP contribution in [-0.2, 0) is 0 Å². The highest BCUT2D eigenvalue weighted by Crippen LogP contribution is 2.08. The third kappa shape index (κ3) is 5.70. The van der Waals surface area contributed by atoms with Gasteiger partial charge in [-0.2, -0.15) is 0 Å². The average molecular weight is 265 g/mol. The Labute approximate surface area is 114 Å². The first-order chi connectivity index (χ1) is 9.00. The van der Waals surface area contributed by atoms with Gasteiger partial charge in [0.05, 0.1) is 11.8 Å². The molecule has 1 aromatic heterocycles. The van der Waals surface area contributed by atoms with Gasteiger partial charge in [0.25, 0.3) is 5.91 Å². The summed E-state index contributed by atoms with van der Waals surface area (Å²) in [6.45, 7) is 5.99. The number of rotatable bonds is 7. The summed E-state index contributed by atoms with van der Waals surface area (Å²) in [6, 6.07) is 1.96. The largest absolute Gasteiger partial charge is 0.506 e. The van der Waals surface area contributed by atoms with Crippen LogP contribution in [-0.4, -0.2) is 47.1 Å². The summed E-state index contributed by atoms with van der Waals surface area (Å²) in [5.74, 6) is -0.188. The summed E-state index contributed by atoms with van der Waals surface area (Å²) >= 11 is 0. The second-order valence-electron chi connectivity index (χ2n) is 4.97. The van der Waals surface area contributed by atoms with Crippen molar-refractivity contribution in [2.24, 2.45) is 0 Å². The van der Waals surface area contributed by atoms with Crippen molar-refractivity contribution in [1.82, 2.24) is 15.2 Å². The standard InChI is InChI=1S/C14H23N3O2/c1-11(2)17(3)7-5-4-6-16-14(19)12-8-13(18)10-15-9-12/h8-11,18H,4-7H2,1-3H3,(H,16,19). The molecule has 0 saturated heterocycles. The average Bonchev–Trinajstić information content (AvgIpc) is 2.37. The van der Waals surface area contributed by atoms with E-state index in [9.17, 15) is 9.90 Å². The van der Waals surface area contributed by atoms with Gasteiger partial charge in [-0.3, -0.25) is 9.78 Å². The minimum Gasteiger partial charge on any atom is -0.506 e. The number of pyridine rings is 1. The molecule has 0 aromatic carbocycles. The van der Waals surface area contributed by atoms with Crippen molar-refractivity contribution >= 4 is 5.91 Å². The van der Waals surface area contributed by atoms with E-state index in [1.54, 1.807) is 0 Å². The summed E-state index contributed by atoms with van der Waals surface area (Å²) in [5.41, 5.74) is 0.388. The number of hydrogen-bond acceptors (Lipinski definition) is 4. The maximum atomic E-state index is 11.7. The van der Waals surface area contributed by atoms with Crippen LogP contribution >= 0.6 is 0 Å². The number of aromatic nitrogens is 1. The molecule has 2 N–H and O–H groups in total. The number of amides is 1. The van der Waals surface area contributed by atoms with Crippen LogP contribution in [0.5, 0.6) is 5.75 Å². The van der Waals surface area contributed by atoms with Crippen molar-refractivity contribution in [3.05, 3.63) is 24.0 Å². The molecule has 0 atom stereocenters. The van der Waals surface area contributed by atoms with Crippen molar-refractivity contribution in [3.63, 3.8) is 0 Å². The van der Waals surface area contributed by atoms with Gasteiger partial charge in [-0.15, -0.1) is 0 Å². The van der Waals surface area contributed by atoms with Gasteiger partial charge in [0, 0.05) is 18.8 Å². The lowest BCUT2D eigenvalue weighted by atomic mass is 10.2. The fourth-order valence-electron chi connectivity index (χ4n) is 1.60. The number of nitrogens with zero attached hydrogens (tertiary/aromatic N) is 2. The molecular weight excluding hydrogens is 242 g/mol. The molecule has 5 nitrogen and oxygen atoms in total. The van der Waals surface area contributed by atoms with Gasteiger partial charge in [0.1, 0.15) is 5.75 Å². The van der Waals surface area contributed by atoms with Crippen LogP contribution in [0.2, 0.25) is 0 Å². The summed E-state index contributed by atoms with van der Waals surface area (Å²) in [5, 5.41) is 12.1. The van der Waals surface area contributed by atoms with Crippen molar-refractivity contribution in [2.45, 2.75) is 32.7 Å². The van der Waals surface area contributed by atoms with Crippen LogP contribution in [0.4, 0.5) is 0 Å². The molecule has 1 aromatic rings. The van der Waals surface area contributed by atoms with Crippen LogP contribution in [0.15, 0.2) is 18.5 Å². The van der Waals surface area contributed by atoms with Crippen LogP contribution in [0.1, 0.15) is 37.0 Å². The number of unbranched alkanes of at least 4 members (excludes halogenated alkanes) is 1. The molecule has 106 valence electrons. The lowest BCUT2D eigenvalue weighted by molar-refractivity contribution is 0.0951. The predicted molar refractivity (Wildman–Crippen MR) is 75.2 cm³/mol. The van der Waals surface area contributed by atoms with Crippen molar-refractivity contribution < 1.29 is 9.90 Å². The molecule has 0 aliphatic carbocycles. The number of carbonyl (C=O) groups excluding carboxylic acids is 1. The summed E-state index contributed by atoms with van der Waals surface area (Å²) in [7, 11) is 2.10. The smallest absolute Gasteiger partial charge is 0.252 e. The Bertz CT molecular complexity index is 407. The molecule has 0 radical (unpaired) electrons. The first-order valence-corrected chi connectivity index (χ1v) is 6.63. The quantitative estimate of drug-likeness (QED) is 0.736. The van der Waals surface area contributed by atoms with Crippen molar-refractivity contribution in [1.29, 1.82) is 0 Å². The Kier molecular flexibility index (Phi) is 6.29. The lowest BCUT2D eigenvalue weighted by Crippen LogP contribution is -2.29. The van der Waals surface area contributed by atoms with E-state index in [-0.39, 0.29) is 11.7 Å². The van der Waals surface area contributed by atoms with Gasteiger partial charge in [-0.1, -0.05) is 0 Å².